The zero-order chi connectivity index (χ0) is 12.3. The summed E-state index contributed by atoms with van der Waals surface area (Å²) in [5.74, 6) is -0.160. The molecule has 0 aliphatic rings. The Balaban J connectivity index is 2.35. The molecular weight excluding hydrogens is 215 g/mol. The molecule has 2 aromatic rings. The summed E-state index contributed by atoms with van der Waals surface area (Å²) >= 11 is 0. The van der Waals surface area contributed by atoms with Crippen LogP contribution in [0.2, 0.25) is 0 Å². The highest BCUT2D eigenvalue weighted by atomic mass is 19.1. The Morgan fingerprint density at radius 2 is 2.18 bits per heavy atom. The Morgan fingerprint density at radius 1 is 1.35 bits per heavy atom. The maximum atomic E-state index is 13.2. The van der Waals surface area contributed by atoms with Gasteiger partial charge in [0.1, 0.15) is 5.82 Å². The summed E-state index contributed by atoms with van der Waals surface area (Å²) in [5.41, 5.74) is 2.32. The predicted octanol–water partition coefficient (Wildman–Crippen LogP) is 2.95. The van der Waals surface area contributed by atoms with E-state index >= 15 is 0 Å². The molecule has 0 saturated carbocycles. The van der Waals surface area contributed by atoms with Crippen molar-refractivity contribution < 1.29 is 4.39 Å². The first-order chi connectivity index (χ1) is 8.26. The van der Waals surface area contributed by atoms with E-state index in [1.54, 1.807) is 12.1 Å². The van der Waals surface area contributed by atoms with Gasteiger partial charge >= 0.3 is 0 Å². The van der Waals surface area contributed by atoms with Crippen LogP contribution >= 0.6 is 0 Å². The van der Waals surface area contributed by atoms with Crippen LogP contribution in [0.15, 0.2) is 24.4 Å². The van der Waals surface area contributed by atoms with Crippen molar-refractivity contribution in [2.75, 3.05) is 13.6 Å². The Bertz CT molecular complexity index is 502. The van der Waals surface area contributed by atoms with Crippen molar-refractivity contribution in [3.8, 4) is 0 Å². The number of aromatic nitrogens is 1. The summed E-state index contributed by atoms with van der Waals surface area (Å²) in [6.45, 7) is 3.98. The Morgan fingerprint density at radius 3 is 2.88 bits per heavy atom. The first-order valence-electron chi connectivity index (χ1n) is 6.18. The third kappa shape index (κ3) is 2.50. The molecule has 0 amide bonds. The van der Waals surface area contributed by atoms with Gasteiger partial charge in [-0.05, 0) is 57.1 Å². The largest absolute Gasteiger partial charge is 0.347 e. The highest BCUT2D eigenvalue weighted by Gasteiger charge is 2.08. The SMILES string of the molecule is CCn1cc(CCCNC)c2ccc(F)cc21. The van der Waals surface area contributed by atoms with Gasteiger partial charge in [-0.2, -0.15) is 0 Å². The standard InChI is InChI=1S/C14H19FN2/c1-3-17-10-11(5-4-8-16-2)13-7-6-12(15)9-14(13)17/h6-7,9-10,16H,3-5,8H2,1-2H3. The molecule has 0 atom stereocenters. The smallest absolute Gasteiger partial charge is 0.125 e. The minimum Gasteiger partial charge on any atom is -0.347 e. The summed E-state index contributed by atoms with van der Waals surface area (Å²) in [4.78, 5) is 0. The molecule has 0 unspecified atom stereocenters. The molecule has 2 nitrogen and oxygen atoms in total. The number of nitrogens with one attached hydrogen (secondary N) is 1. The molecule has 0 radical (unpaired) electrons. The number of halogens is 1. The lowest BCUT2D eigenvalue weighted by Gasteiger charge is -1.99. The molecule has 0 spiro atoms. The van der Waals surface area contributed by atoms with E-state index in [-0.39, 0.29) is 5.82 Å². The van der Waals surface area contributed by atoms with Crippen molar-refractivity contribution >= 4 is 10.9 Å². The lowest BCUT2D eigenvalue weighted by Crippen LogP contribution is -2.08. The van der Waals surface area contributed by atoms with Crippen LogP contribution in [-0.2, 0) is 13.0 Å². The molecule has 0 saturated heterocycles. The molecule has 1 heterocycles. The average molecular weight is 234 g/mol. The van der Waals surface area contributed by atoms with Gasteiger partial charge in [-0.15, -0.1) is 0 Å². The molecule has 0 aliphatic heterocycles. The lowest BCUT2D eigenvalue weighted by molar-refractivity contribution is 0.628. The van der Waals surface area contributed by atoms with E-state index in [9.17, 15) is 4.39 Å². The Labute approximate surface area is 101 Å². The second-order valence-electron chi connectivity index (χ2n) is 4.31. The third-order valence-electron chi connectivity index (χ3n) is 3.14. The molecule has 3 heteroatoms. The number of fused-ring (bicyclic) bond motifs is 1. The number of hydrogen-bond donors (Lipinski definition) is 1. The highest BCUT2D eigenvalue weighted by Crippen LogP contribution is 2.23. The quantitative estimate of drug-likeness (QED) is 0.787. The van der Waals surface area contributed by atoms with Gasteiger partial charge in [0.05, 0.1) is 5.52 Å². The maximum absolute atomic E-state index is 13.2. The van der Waals surface area contributed by atoms with Crippen molar-refractivity contribution in [1.82, 2.24) is 9.88 Å². The number of rotatable bonds is 5. The van der Waals surface area contributed by atoms with Crippen molar-refractivity contribution in [3.63, 3.8) is 0 Å². The third-order valence-corrected chi connectivity index (χ3v) is 3.14. The number of hydrogen-bond acceptors (Lipinski definition) is 1. The molecule has 1 aromatic carbocycles. The first-order valence-corrected chi connectivity index (χ1v) is 6.18. The van der Waals surface area contributed by atoms with Crippen LogP contribution in [0.25, 0.3) is 10.9 Å². The molecule has 0 fully saturated rings. The maximum Gasteiger partial charge on any atom is 0.125 e. The zero-order valence-electron chi connectivity index (χ0n) is 10.5. The van der Waals surface area contributed by atoms with E-state index in [1.807, 2.05) is 13.1 Å². The summed E-state index contributed by atoms with van der Waals surface area (Å²) in [7, 11) is 1.96. The average Bonchev–Trinajstić information content (AvgIpc) is 2.67. The van der Waals surface area contributed by atoms with Crippen LogP contribution in [0.4, 0.5) is 4.39 Å². The molecule has 2 rings (SSSR count). The van der Waals surface area contributed by atoms with Gasteiger partial charge in [-0.3, -0.25) is 0 Å². The minimum atomic E-state index is -0.160. The van der Waals surface area contributed by atoms with Gasteiger partial charge in [0.15, 0.2) is 0 Å². The van der Waals surface area contributed by atoms with Crippen LogP contribution in [-0.4, -0.2) is 18.2 Å². The van der Waals surface area contributed by atoms with E-state index in [2.05, 4.69) is 23.0 Å². The summed E-state index contributed by atoms with van der Waals surface area (Å²) in [5, 5.41) is 4.33. The first kappa shape index (κ1) is 12.1. The van der Waals surface area contributed by atoms with E-state index in [0.29, 0.717) is 0 Å². The molecular formula is C14H19FN2. The van der Waals surface area contributed by atoms with Gasteiger partial charge in [0.2, 0.25) is 0 Å². The van der Waals surface area contributed by atoms with Gasteiger partial charge in [0, 0.05) is 18.1 Å². The number of aryl methyl sites for hydroxylation is 2. The monoisotopic (exact) mass is 234 g/mol. The van der Waals surface area contributed by atoms with Gasteiger partial charge in [-0.25, -0.2) is 4.39 Å². The fraction of sp³-hybridized carbons (Fsp3) is 0.429. The van der Waals surface area contributed by atoms with Crippen LogP contribution in [0.3, 0.4) is 0 Å². The van der Waals surface area contributed by atoms with Crippen LogP contribution in [0.5, 0.6) is 0 Å². The Hall–Kier alpha value is -1.35. The van der Waals surface area contributed by atoms with Crippen LogP contribution in [0.1, 0.15) is 18.9 Å². The van der Waals surface area contributed by atoms with E-state index in [4.69, 9.17) is 0 Å². The van der Waals surface area contributed by atoms with Crippen molar-refractivity contribution in [2.24, 2.45) is 0 Å². The minimum absolute atomic E-state index is 0.160. The fourth-order valence-electron chi connectivity index (χ4n) is 2.26. The predicted molar refractivity (Wildman–Crippen MR) is 69.8 cm³/mol. The highest BCUT2D eigenvalue weighted by molar-refractivity contribution is 5.84. The van der Waals surface area contributed by atoms with Crippen LogP contribution < -0.4 is 5.32 Å². The summed E-state index contributed by atoms with van der Waals surface area (Å²) in [6, 6.07) is 5.07. The molecule has 92 valence electrons. The molecule has 1 aromatic heterocycles. The topological polar surface area (TPSA) is 17.0 Å². The normalized spacial score (nSPS) is 11.2. The van der Waals surface area contributed by atoms with Gasteiger partial charge < -0.3 is 9.88 Å². The van der Waals surface area contributed by atoms with E-state index in [1.165, 1.54) is 10.9 Å². The Kier molecular flexibility index (Phi) is 3.79. The van der Waals surface area contributed by atoms with E-state index < -0.39 is 0 Å². The van der Waals surface area contributed by atoms with Crippen molar-refractivity contribution in [1.29, 1.82) is 0 Å². The van der Waals surface area contributed by atoms with Crippen molar-refractivity contribution in [2.45, 2.75) is 26.3 Å². The van der Waals surface area contributed by atoms with E-state index in [0.717, 1.165) is 31.4 Å². The lowest BCUT2D eigenvalue weighted by atomic mass is 10.1. The second-order valence-corrected chi connectivity index (χ2v) is 4.31. The number of benzene rings is 1. The van der Waals surface area contributed by atoms with Crippen molar-refractivity contribution in [3.05, 3.63) is 35.8 Å². The summed E-state index contributed by atoms with van der Waals surface area (Å²) in [6.07, 6.45) is 4.30. The van der Waals surface area contributed by atoms with Gasteiger partial charge in [-0.1, -0.05) is 0 Å². The molecule has 17 heavy (non-hydrogen) atoms. The summed E-state index contributed by atoms with van der Waals surface area (Å²) < 4.78 is 15.4. The molecule has 0 bridgehead atoms. The fourth-order valence-corrected chi connectivity index (χ4v) is 2.26. The molecule has 0 aliphatic carbocycles. The second kappa shape index (κ2) is 5.32. The van der Waals surface area contributed by atoms with Gasteiger partial charge in [0.25, 0.3) is 0 Å². The zero-order valence-corrected chi connectivity index (χ0v) is 10.5. The van der Waals surface area contributed by atoms with Crippen LogP contribution in [0, 0.1) is 5.82 Å². The number of nitrogens with zero attached hydrogens (tertiary/aromatic N) is 1. The molecule has 1 N–H and O–H groups in total.